The molecule has 10 heteroatoms. The molecule has 0 aliphatic heterocycles. The zero-order chi connectivity index (χ0) is 87.0. The standard InChI is InChI=1S/C108H142N4Si6/c1-65(2)113(66(3)4,67(5)6)59-53-87-83-41-37-39-43-85(83)93(55-61-115(71(13)14,72(15)16)73(17)18)101-89(87)45-49-97-105(101)109-99-51-47-91-96(58-64-118(80(31)32,81(33)34)82(35)36)104-92(95(103(91)107(99)111-97)57-63-117(77(25)26,78(27)28)79(29)30)48-52-100-108(104)112-98-50-46-90-88(54-60-114(68(7)8,69(9)10)70(11)12)84-42-38-40-44-86(84)94(102(90)106(98)110-100)56-62-116(74(19)20,75(21)22)76(23)24/h37-52,65-82H,1-36H3. The molecule has 0 fully saturated rings. The van der Waals surface area contributed by atoms with Crippen LogP contribution in [0.5, 0.6) is 0 Å². The minimum Gasteiger partial charge on any atom is -0.244 e. The number of hydrogen-bond donors (Lipinski definition) is 0. The van der Waals surface area contributed by atoms with E-state index in [2.05, 4.69) is 415 Å². The second-order valence-electron chi connectivity index (χ2n) is 41.1. The van der Waals surface area contributed by atoms with Crippen molar-refractivity contribution in [3.8, 4) is 68.8 Å². The van der Waals surface area contributed by atoms with Crippen molar-refractivity contribution in [2.75, 3.05) is 0 Å². The predicted octanol–water partition coefficient (Wildman–Crippen LogP) is 32.2. The lowest BCUT2D eigenvalue weighted by molar-refractivity contribution is 0.838. The maximum atomic E-state index is 6.12. The largest absolute Gasteiger partial charge is 0.244 e. The first kappa shape index (κ1) is 91.2. The van der Waals surface area contributed by atoms with Gasteiger partial charge in [0.1, 0.15) is 48.4 Å². The smallest absolute Gasteiger partial charge is 0.146 e. The van der Waals surface area contributed by atoms with Gasteiger partial charge in [-0.3, -0.25) is 0 Å². The van der Waals surface area contributed by atoms with Gasteiger partial charge in [-0.2, -0.15) is 0 Å². The van der Waals surface area contributed by atoms with Gasteiger partial charge in [-0.05, 0) is 146 Å². The fraction of sp³-hybridized carbons (Fsp3) is 0.500. The lowest BCUT2D eigenvalue weighted by atomic mass is 9.89. The zero-order valence-corrected chi connectivity index (χ0v) is 85.4. The Morgan fingerprint density at radius 2 is 0.305 bits per heavy atom. The van der Waals surface area contributed by atoms with Crippen LogP contribution in [-0.4, -0.2) is 68.4 Å². The van der Waals surface area contributed by atoms with E-state index in [9.17, 15) is 0 Å². The summed E-state index contributed by atoms with van der Waals surface area (Å²) in [5.41, 5.74) is 45.9. The minimum absolute atomic E-state index is 0.381. The molecule has 0 unspecified atom stereocenters. The van der Waals surface area contributed by atoms with Gasteiger partial charge in [-0.1, -0.05) is 358 Å². The fourth-order valence-electron chi connectivity index (χ4n) is 24.5. The highest BCUT2D eigenvalue weighted by molar-refractivity contribution is 6.93. The normalized spacial score (nSPS) is 13.2. The molecule has 0 atom stereocenters. The summed E-state index contributed by atoms with van der Waals surface area (Å²) < 4.78 is 0. The molecule has 0 N–H and O–H groups in total. The van der Waals surface area contributed by atoms with E-state index in [1.54, 1.807) is 0 Å². The van der Waals surface area contributed by atoms with E-state index in [1.807, 2.05) is 0 Å². The van der Waals surface area contributed by atoms with Crippen molar-refractivity contribution < 1.29 is 0 Å². The first-order valence-electron chi connectivity index (χ1n) is 45.6. The molecule has 0 saturated carbocycles. The van der Waals surface area contributed by atoms with E-state index in [1.165, 1.54) is 0 Å². The highest BCUT2D eigenvalue weighted by Gasteiger charge is 2.47. The monoisotopic (exact) mass is 1660 g/mol. The van der Waals surface area contributed by atoms with E-state index in [0.29, 0.717) is 99.7 Å². The number of hydrogen-bond acceptors (Lipinski definition) is 4. The average molecular weight is 1660 g/mol. The number of fused-ring (bicyclic) bond motifs is 14. The predicted molar refractivity (Wildman–Crippen MR) is 540 cm³/mol. The van der Waals surface area contributed by atoms with Crippen LogP contribution >= 0.6 is 0 Å². The summed E-state index contributed by atoms with van der Waals surface area (Å²) >= 11 is 0. The van der Waals surface area contributed by atoms with Gasteiger partial charge in [-0.15, -0.1) is 33.3 Å². The third-order valence-electron chi connectivity index (χ3n) is 30.2. The van der Waals surface area contributed by atoms with E-state index in [-0.39, 0.29) is 0 Å². The van der Waals surface area contributed by atoms with Crippen molar-refractivity contribution >= 4 is 157 Å². The summed E-state index contributed by atoms with van der Waals surface area (Å²) in [6.07, 6.45) is 0. The summed E-state index contributed by atoms with van der Waals surface area (Å²) in [6, 6.07) is 36.2. The first-order valence-corrected chi connectivity index (χ1v) is 59.0. The van der Waals surface area contributed by atoms with Crippen molar-refractivity contribution in [1.82, 2.24) is 19.9 Å². The highest BCUT2D eigenvalue weighted by Crippen LogP contribution is 2.51. The quantitative estimate of drug-likeness (QED) is 0.0372. The summed E-state index contributed by atoms with van der Waals surface area (Å²) in [6.45, 7) is 87.2. The Balaban J connectivity index is 1.40. The molecule has 0 aliphatic rings. The van der Waals surface area contributed by atoms with E-state index >= 15 is 0 Å². The first-order chi connectivity index (χ1) is 55.4. The Morgan fingerprint density at radius 3 is 0.466 bits per heavy atom. The molecule has 0 amide bonds. The number of benzene rings is 9. The zero-order valence-electron chi connectivity index (χ0n) is 79.4. The molecule has 4 nitrogen and oxygen atoms in total. The highest BCUT2D eigenvalue weighted by atomic mass is 28.3. The summed E-state index contributed by atoms with van der Waals surface area (Å²) in [7, 11) is -13.9. The van der Waals surface area contributed by atoms with Gasteiger partial charge in [0.05, 0.1) is 44.1 Å². The van der Waals surface area contributed by atoms with Crippen LogP contribution in [0.3, 0.4) is 0 Å². The van der Waals surface area contributed by atoms with Gasteiger partial charge in [0.2, 0.25) is 0 Å². The second-order valence-corrected chi connectivity index (χ2v) is 74.6. The second kappa shape index (κ2) is 34.7. The SMILES string of the molecule is CC(C)[Si](C#Cc1c2ccccc2c(C#C[Si](C(C)C)(C(C)C)C(C)C)c2c1ccc1nc3c(ccc4c(C#C[Si](C(C)C)(C(C)C)C(C)C)c5c(ccc6nc7c(ccc8c(C#C[Si](C(C)C)(C(C)C)C(C)C)c9ccccc9c(C#C[Si](C(C)C)(C(C)C)C(C)C)c87)nc65)c(C#C[Si](C(C)C)(C(C)C)C(C)C)c43)nc12)(C(C)C)C(C)C. The molecule has 0 aliphatic carbocycles. The lowest BCUT2D eigenvalue weighted by Crippen LogP contribution is -2.43. The molecule has 118 heavy (non-hydrogen) atoms. The number of nitrogens with zero attached hydrogens (tertiary/aromatic N) is 4. The summed E-state index contributed by atoms with van der Waals surface area (Å²) in [4.78, 5) is 24.4. The van der Waals surface area contributed by atoms with Crippen LogP contribution in [-0.2, 0) is 0 Å². The molecule has 2 aromatic heterocycles. The Hall–Kier alpha value is -7.60. The molecule has 0 spiro atoms. The third kappa shape index (κ3) is 14.8. The number of rotatable bonds is 18. The molecule has 11 rings (SSSR count). The van der Waals surface area contributed by atoms with Gasteiger partial charge >= 0.3 is 0 Å². The van der Waals surface area contributed by atoms with Gasteiger partial charge in [0.15, 0.2) is 0 Å². The van der Waals surface area contributed by atoms with Gasteiger partial charge in [-0.25, -0.2) is 19.9 Å². The summed E-state index contributed by atoms with van der Waals surface area (Å²) in [5, 5.41) is 12.7. The molecule has 618 valence electrons. The molecular formula is C108H142N4Si6. The Morgan fingerprint density at radius 1 is 0.169 bits per heavy atom. The maximum absolute atomic E-state index is 6.12. The van der Waals surface area contributed by atoms with Crippen LogP contribution in [0, 0.1) is 68.8 Å². The van der Waals surface area contributed by atoms with E-state index in [0.717, 1.165) is 142 Å². The third-order valence-corrected chi connectivity index (χ3v) is 67.9. The topological polar surface area (TPSA) is 51.6 Å². The van der Waals surface area contributed by atoms with Crippen LogP contribution in [0.15, 0.2) is 97.1 Å². The Labute approximate surface area is 719 Å². The molecule has 0 bridgehead atoms. The van der Waals surface area contributed by atoms with Crippen molar-refractivity contribution in [2.24, 2.45) is 0 Å². The van der Waals surface area contributed by atoms with E-state index in [4.69, 9.17) is 19.9 Å². The van der Waals surface area contributed by atoms with Crippen molar-refractivity contribution in [2.45, 2.75) is 349 Å². The Bertz CT molecular complexity index is 5650. The Kier molecular flexibility index (Phi) is 26.8. The average Bonchev–Trinajstić information content (AvgIpc) is 0.709. The van der Waals surface area contributed by atoms with Crippen molar-refractivity contribution in [3.05, 3.63) is 130 Å². The van der Waals surface area contributed by atoms with Crippen LogP contribution < -0.4 is 0 Å². The van der Waals surface area contributed by atoms with Gasteiger partial charge < -0.3 is 0 Å². The lowest BCUT2D eigenvalue weighted by Gasteiger charge is -2.38. The van der Waals surface area contributed by atoms with Crippen molar-refractivity contribution in [3.63, 3.8) is 0 Å². The minimum atomic E-state index is -2.43. The van der Waals surface area contributed by atoms with Crippen LogP contribution in [0.4, 0.5) is 0 Å². The molecule has 9 aromatic carbocycles. The van der Waals surface area contributed by atoms with Crippen LogP contribution in [0.2, 0.25) is 99.7 Å². The van der Waals surface area contributed by atoms with Crippen molar-refractivity contribution in [1.29, 1.82) is 0 Å². The van der Waals surface area contributed by atoms with Gasteiger partial charge in [0, 0.05) is 76.5 Å². The van der Waals surface area contributed by atoms with Gasteiger partial charge in [0.25, 0.3) is 0 Å². The molecule has 11 aromatic rings. The van der Waals surface area contributed by atoms with Crippen LogP contribution in [0.1, 0.15) is 283 Å². The number of aromatic nitrogens is 4. The maximum Gasteiger partial charge on any atom is 0.146 e. The molecule has 0 radical (unpaired) electrons. The molecule has 2 heterocycles. The van der Waals surface area contributed by atoms with E-state index < -0.39 is 48.4 Å². The molecule has 0 saturated heterocycles. The van der Waals surface area contributed by atoms with Crippen LogP contribution in [0.25, 0.3) is 109 Å². The molecular weight excluding hydrogens is 1520 g/mol. The summed E-state index contributed by atoms with van der Waals surface area (Å²) in [5.74, 6) is 24.9. The fourth-order valence-corrected chi connectivity index (χ4v) is 55.8.